The van der Waals surface area contributed by atoms with Crippen LogP contribution in [0.2, 0.25) is 0 Å². The van der Waals surface area contributed by atoms with Crippen molar-refractivity contribution in [3.05, 3.63) is 46.8 Å². The van der Waals surface area contributed by atoms with Crippen molar-refractivity contribution >= 4 is 5.97 Å². The van der Waals surface area contributed by atoms with Crippen molar-refractivity contribution < 1.29 is 9.53 Å². The largest absolute Gasteiger partial charge is 0.466 e. The van der Waals surface area contributed by atoms with Gasteiger partial charge < -0.3 is 4.74 Å². The van der Waals surface area contributed by atoms with Crippen molar-refractivity contribution in [1.29, 1.82) is 0 Å². The van der Waals surface area contributed by atoms with Gasteiger partial charge in [-0.2, -0.15) is 5.10 Å². The van der Waals surface area contributed by atoms with Crippen LogP contribution < -0.4 is 0 Å². The molecule has 20 heavy (non-hydrogen) atoms. The maximum absolute atomic E-state index is 11.7. The second-order valence-electron chi connectivity index (χ2n) is 4.83. The highest BCUT2D eigenvalue weighted by Gasteiger charge is 2.17. The van der Waals surface area contributed by atoms with Gasteiger partial charge in [-0.25, -0.2) is 4.68 Å². The van der Waals surface area contributed by atoms with Gasteiger partial charge in [-0.05, 0) is 39.3 Å². The van der Waals surface area contributed by atoms with Crippen molar-refractivity contribution in [3.8, 4) is 5.69 Å². The molecule has 0 aliphatic carbocycles. The molecule has 1 aromatic carbocycles. The highest BCUT2D eigenvalue weighted by molar-refractivity contribution is 5.73. The molecule has 106 valence electrons. The normalized spacial score (nSPS) is 10.6. The Hall–Kier alpha value is -2.10. The lowest BCUT2D eigenvalue weighted by Gasteiger charge is -2.08. The standard InChI is InChI=1S/C16H20N2O2/c1-5-20-16(19)10-14-12(3)17-18(13(14)4)15-9-7-6-8-11(15)2/h6-9H,5,10H2,1-4H3. The molecule has 1 aromatic heterocycles. The van der Waals surface area contributed by atoms with E-state index in [9.17, 15) is 4.79 Å². The van der Waals surface area contributed by atoms with E-state index in [1.54, 1.807) is 0 Å². The smallest absolute Gasteiger partial charge is 0.310 e. The molecular weight excluding hydrogens is 252 g/mol. The lowest BCUT2D eigenvalue weighted by atomic mass is 10.1. The summed E-state index contributed by atoms with van der Waals surface area (Å²) in [6.07, 6.45) is 0.275. The molecule has 0 aliphatic rings. The highest BCUT2D eigenvalue weighted by atomic mass is 16.5. The van der Waals surface area contributed by atoms with Gasteiger partial charge in [0.05, 0.1) is 24.4 Å². The summed E-state index contributed by atoms with van der Waals surface area (Å²) in [7, 11) is 0. The molecule has 0 fully saturated rings. The molecule has 0 saturated heterocycles. The number of esters is 1. The van der Waals surface area contributed by atoms with E-state index in [1.807, 2.05) is 43.7 Å². The highest BCUT2D eigenvalue weighted by Crippen LogP contribution is 2.20. The van der Waals surface area contributed by atoms with Crippen LogP contribution in [0.25, 0.3) is 5.69 Å². The molecule has 1 heterocycles. The molecule has 0 unspecified atom stereocenters. The van der Waals surface area contributed by atoms with Crippen LogP contribution in [0, 0.1) is 20.8 Å². The number of aromatic nitrogens is 2. The van der Waals surface area contributed by atoms with E-state index in [0.29, 0.717) is 6.61 Å². The van der Waals surface area contributed by atoms with Crippen LogP contribution in [0.5, 0.6) is 0 Å². The third kappa shape index (κ3) is 2.74. The molecular formula is C16H20N2O2. The maximum atomic E-state index is 11.7. The maximum Gasteiger partial charge on any atom is 0.310 e. The van der Waals surface area contributed by atoms with Gasteiger partial charge in [-0.1, -0.05) is 18.2 Å². The van der Waals surface area contributed by atoms with E-state index < -0.39 is 0 Å². The summed E-state index contributed by atoms with van der Waals surface area (Å²) in [5.41, 5.74) is 5.01. The van der Waals surface area contributed by atoms with Gasteiger partial charge in [0.15, 0.2) is 0 Å². The zero-order valence-electron chi connectivity index (χ0n) is 12.4. The van der Waals surface area contributed by atoms with Crippen LogP contribution in [0.15, 0.2) is 24.3 Å². The van der Waals surface area contributed by atoms with E-state index in [2.05, 4.69) is 18.1 Å². The number of rotatable bonds is 4. The lowest BCUT2D eigenvalue weighted by Crippen LogP contribution is -2.09. The summed E-state index contributed by atoms with van der Waals surface area (Å²) in [6.45, 7) is 8.19. The van der Waals surface area contributed by atoms with Crippen LogP contribution in [0.4, 0.5) is 0 Å². The van der Waals surface area contributed by atoms with Gasteiger partial charge in [-0.3, -0.25) is 4.79 Å². The minimum atomic E-state index is -0.206. The summed E-state index contributed by atoms with van der Waals surface area (Å²) in [5.74, 6) is -0.206. The van der Waals surface area contributed by atoms with Gasteiger partial charge in [0.2, 0.25) is 0 Å². The lowest BCUT2D eigenvalue weighted by molar-refractivity contribution is -0.142. The first kappa shape index (κ1) is 14.3. The van der Waals surface area contributed by atoms with Crippen molar-refractivity contribution in [2.24, 2.45) is 0 Å². The Morgan fingerprint density at radius 2 is 1.95 bits per heavy atom. The van der Waals surface area contributed by atoms with Crippen LogP contribution >= 0.6 is 0 Å². The van der Waals surface area contributed by atoms with E-state index in [0.717, 1.165) is 28.2 Å². The first-order chi connectivity index (χ1) is 9.54. The second kappa shape index (κ2) is 5.90. The topological polar surface area (TPSA) is 44.1 Å². The van der Waals surface area contributed by atoms with Crippen LogP contribution in [0.3, 0.4) is 0 Å². The van der Waals surface area contributed by atoms with Gasteiger partial charge in [0.25, 0.3) is 0 Å². The molecule has 2 rings (SSSR count). The van der Waals surface area contributed by atoms with Crippen LogP contribution in [-0.2, 0) is 16.0 Å². The molecule has 0 amide bonds. The van der Waals surface area contributed by atoms with Crippen LogP contribution in [-0.4, -0.2) is 22.4 Å². The van der Waals surface area contributed by atoms with Gasteiger partial charge in [0.1, 0.15) is 0 Å². The molecule has 4 nitrogen and oxygen atoms in total. The fourth-order valence-electron chi connectivity index (χ4n) is 2.32. The number of aryl methyl sites for hydroxylation is 2. The quantitative estimate of drug-likeness (QED) is 0.804. The third-order valence-corrected chi connectivity index (χ3v) is 3.41. The Morgan fingerprint density at radius 3 is 2.60 bits per heavy atom. The van der Waals surface area contributed by atoms with E-state index in [4.69, 9.17) is 4.74 Å². The Labute approximate surface area is 119 Å². The molecule has 0 bridgehead atoms. The molecule has 0 spiro atoms. The number of ether oxygens (including phenoxy) is 1. The molecule has 0 saturated carbocycles. The van der Waals surface area contributed by atoms with Crippen molar-refractivity contribution in [3.63, 3.8) is 0 Å². The Balaban J connectivity index is 2.39. The minimum Gasteiger partial charge on any atom is -0.466 e. The summed E-state index contributed by atoms with van der Waals surface area (Å²) in [6, 6.07) is 8.08. The third-order valence-electron chi connectivity index (χ3n) is 3.41. The molecule has 0 radical (unpaired) electrons. The van der Waals surface area contributed by atoms with E-state index >= 15 is 0 Å². The molecule has 0 aliphatic heterocycles. The summed E-state index contributed by atoms with van der Waals surface area (Å²) < 4.78 is 6.92. The number of carbonyl (C=O) groups is 1. The second-order valence-corrected chi connectivity index (χ2v) is 4.83. The Bertz CT molecular complexity index is 629. The van der Waals surface area contributed by atoms with Crippen molar-refractivity contribution in [2.75, 3.05) is 6.61 Å². The average Bonchev–Trinajstić information content (AvgIpc) is 2.68. The molecule has 2 aromatic rings. The van der Waals surface area contributed by atoms with Crippen molar-refractivity contribution in [2.45, 2.75) is 34.1 Å². The average molecular weight is 272 g/mol. The Kier molecular flexibility index (Phi) is 4.23. The number of benzene rings is 1. The fraction of sp³-hybridized carbons (Fsp3) is 0.375. The number of hydrogen-bond donors (Lipinski definition) is 0. The monoisotopic (exact) mass is 272 g/mol. The first-order valence-corrected chi connectivity index (χ1v) is 6.81. The number of para-hydroxylation sites is 1. The van der Waals surface area contributed by atoms with Crippen molar-refractivity contribution in [1.82, 2.24) is 9.78 Å². The molecule has 0 N–H and O–H groups in total. The zero-order valence-corrected chi connectivity index (χ0v) is 12.4. The number of hydrogen-bond acceptors (Lipinski definition) is 3. The predicted molar refractivity (Wildman–Crippen MR) is 78.1 cm³/mol. The zero-order chi connectivity index (χ0) is 14.7. The summed E-state index contributed by atoms with van der Waals surface area (Å²) in [5, 5.41) is 4.56. The first-order valence-electron chi connectivity index (χ1n) is 6.81. The SMILES string of the molecule is CCOC(=O)Cc1c(C)nn(-c2ccccc2C)c1C. The fourth-order valence-corrected chi connectivity index (χ4v) is 2.32. The number of carbonyl (C=O) groups excluding carboxylic acids is 1. The number of nitrogens with zero attached hydrogens (tertiary/aromatic N) is 2. The van der Waals surface area contributed by atoms with Gasteiger partial charge >= 0.3 is 5.97 Å². The van der Waals surface area contributed by atoms with Gasteiger partial charge in [-0.15, -0.1) is 0 Å². The predicted octanol–water partition coefficient (Wildman–Crippen LogP) is 2.90. The van der Waals surface area contributed by atoms with Gasteiger partial charge in [0, 0.05) is 11.3 Å². The van der Waals surface area contributed by atoms with E-state index in [-0.39, 0.29) is 12.4 Å². The minimum absolute atomic E-state index is 0.206. The molecule has 4 heteroatoms. The van der Waals surface area contributed by atoms with Crippen LogP contribution in [0.1, 0.15) is 29.4 Å². The summed E-state index contributed by atoms with van der Waals surface area (Å²) >= 11 is 0. The Morgan fingerprint density at radius 1 is 1.25 bits per heavy atom. The summed E-state index contributed by atoms with van der Waals surface area (Å²) in [4.78, 5) is 11.7. The molecule has 0 atom stereocenters. The van der Waals surface area contributed by atoms with E-state index in [1.165, 1.54) is 0 Å².